The lowest BCUT2D eigenvalue weighted by molar-refractivity contribution is -0.196. The molecule has 1 aromatic carbocycles. The number of benzene rings is 1. The summed E-state index contributed by atoms with van der Waals surface area (Å²) in [5, 5.41) is 0. The monoisotopic (exact) mass is 247 g/mol. The zero-order valence-electron chi connectivity index (χ0n) is 9.84. The maximum Gasteiger partial charge on any atom is 0.425 e. The van der Waals surface area contributed by atoms with Crippen molar-refractivity contribution < 1.29 is 17.9 Å². The Bertz CT molecular complexity index is 356. The minimum Gasteiger partial charge on any atom is -0.480 e. The highest BCUT2D eigenvalue weighted by Crippen LogP contribution is 2.30. The van der Waals surface area contributed by atoms with Gasteiger partial charge in [0.2, 0.25) is 0 Å². The van der Waals surface area contributed by atoms with E-state index in [0.29, 0.717) is 16.9 Å². The Morgan fingerprint density at radius 1 is 1.24 bits per heavy atom. The fourth-order valence-corrected chi connectivity index (χ4v) is 1.57. The number of rotatable bonds is 4. The molecule has 0 fully saturated rings. The van der Waals surface area contributed by atoms with Gasteiger partial charge in [0, 0.05) is 6.42 Å². The van der Waals surface area contributed by atoms with Crippen molar-refractivity contribution >= 4 is 0 Å². The van der Waals surface area contributed by atoms with Crippen molar-refractivity contribution in [3.8, 4) is 5.75 Å². The first kappa shape index (κ1) is 13.8. The van der Waals surface area contributed by atoms with Gasteiger partial charge in [-0.2, -0.15) is 13.2 Å². The van der Waals surface area contributed by atoms with Crippen LogP contribution in [0.1, 0.15) is 17.5 Å². The van der Waals surface area contributed by atoms with Crippen molar-refractivity contribution in [1.29, 1.82) is 0 Å². The number of para-hydroxylation sites is 1. The number of ether oxygens (including phenoxy) is 1. The van der Waals surface area contributed by atoms with Gasteiger partial charge in [-0.05, 0) is 31.5 Å². The van der Waals surface area contributed by atoms with Crippen LogP contribution in [0, 0.1) is 13.8 Å². The molecule has 0 bridgehead atoms. The van der Waals surface area contributed by atoms with Gasteiger partial charge in [-0.3, -0.25) is 0 Å². The Morgan fingerprint density at radius 3 is 2.18 bits per heavy atom. The van der Waals surface area contributed by atoms with Gasteiger partial charge in [-0.25, -0.2) is 0 Å². The number of hydrogen-bond donors (Lipinski definition) is 1. The lowest BCUT2D eigenvalue weighted by atomic mass is 10.1. The minimum absolute atomic E-state index is 0.0604. The Hall–Kier alpha value is -1.23. The summed E-state index contributed by atoms with van der Waals surface area (Å²) in [6.07, 6.45) is -6.47. The number of nitrogens with two attached hydrogens (primary N) is 1. The number of aryl methyl sites for hydroxylation is 2. The molecule has 0 radical (unpaired) electrons. The van der Waals surface area contributed by atoms with Gasteiger partial charge < -0.3 is 10.5 Å². The lowest BCUT2D eigenvalue weighted by Crippen LogP contribution is -2.36. The van der Waals surface area contributed by atoms with Crippen LogP contribution in [-0.4, -0.2) is 18.8 Å². The molecule has 2 nitrogen and oxygen atoms in total. The van der Waals surface area contributed by atoms with Gasteiger partial charge >= 0.3 is 6.18 Å². The first-order chi connectivity index (χ1) is 7.86. The molecule has 17 heavy (non-hydrogen) atoms. The summed E-state index contributed by atoms with van der Waals surface area (Å²) >= 11 is 0. The van der Waals surface area contributed by atoms with E-state index in [1.165, 1.54) is 0 Å². The highest BCUT2D eigenvalue weighted by molar-refractivity contribution is 5.39. The van der Waals surface area contributed by atoms with Crippen LogP contribution in [0.2, 0.25) is 0 Å². The Kier molecular flexibility index (Phi) is 4.40. The van der Waals surface area contributed by atoms with Crippen LogP contribution in [0.5, 0.6) is 5.75 Å². The van der Waals surface area contributed by atoms with Crippen LogP contribution in [0.3, 0.4) is 0 Å². The summed E-state index contributed by atoms with van der Waals surface area (Å²) in [6, 6.07) is 5.22. The van der Waals surface area contributed by atoms with Crippen LogP contribution < -0.4 is 10.5 Å². The van der Waals surface area contributed by atoms with Crippen LogP contribution in [0.25, 0.3) is 0 Å². The van der Waals surface area contributed by atoms with E-state index in [9.17, 15) is 13.2 Å². The number of hydrogen-bond acceptors (Lipinski definition) is 2. The summed E-state index contributed by atoms with van der Waals surface area (Å²) < 4.78 is 43.1. The fraction of sp³-hybridized carbons (Fsp3) is 0.500. The molecular formula is C12H16F3NO. The molecule has 96 valence electrons. The summed E-state index contributed by atoms with van der Waals surface area (Å²) in [5.74, 6) is 0.295. The van der Waals surface area contributed by atoms with E-state index in [2.05, 4.69) is 0 Å². The van der Waals surface area contributed by atoms with E-state index in [1.807, 2.05) is 0 Å². The highest BCUT2D eigenvalue weighted by atomic mass is 19.4. The van der Waals surface area contributed by atoms with Crippen molar-refractivity contribution in [2.75, 3.05) is 6.54 Å². The number of halogens is 3. The third-order valence-corrected chi connectivity index (χ3v) is 2.46. The fourth-order valence-electron chi connectivity index (χ4n) is 1.57. The average Bonchev–Trinajstić information content (AvgIpc) is 2.20. The smallest absolute Gasteiger partial charge is 0.425 e. The van der Waals surface area contributed by atoms with Gasteiger partial charge in [0.05, 0.1) is 0 Å². The molecule has 0 heterocycles. The lowest BCUT2D eigenvalue weighted by Gasteiger charge is -2.23. The summed E-state index contributed by atoms with van der Waals surface area (Å²) in [6.45, 7) is 3.38. The molecule has 1 rings (SSSR count). The third kappa shape index (κ3) is 3.63. The van der Waals surface area contributed by atoms with E-state index in [4.69, 9.17) is 10.5 Å². The first-order valence-electron chi connectivity index (χ1n) is 5.36. The zero-order chi connectivity index (χ0) is 13.1. The van der Waals surface area contributed by atoms with Gasteiger partial charge in [-0.15, -0.1) is 0 Å². The van der Waals surface area contributed by atoms with Crippen molar-refractivity contribution in [3.63, 3.8) is 0 Å². The second-order valence-corrected chi connectivity index (χ2v) is 3.95. The summed E-state index contributed by atoms with van der Waals surface area (Å²) in [4.78, 5) is 0. The Morgan fingerprint density at radius 2 is 1.76 bits per heavy atom. The van der Waals surface area contributed by atoms with Gasteiger partial charge in [0.1, 0.15) is 5.75 Å². The summed E-state index contributed by atoms with van der Waals surface area (Å²) in [5.41, 5.74) is 6.56. The number of alkyl halides is 3. The first-order valence-corrected chi connectivity index (χ1v) is 5.36. The standard InChI is InChI=1S/C12H16F3NO/c1-8-4-3-5-9(2)11(8)17-10(6-7-16)12(13,14)15/h3-5,10H,6-7,16H2,1-2H3. The molecule has 5 heteroatoms. The minimum atomic E-state index is -4.39. The normalized spacial score (nSPS) is 13.5. The van der Waals surface area contributed by atoms with Crippen LogP contribution >= 0.6 is 0 Å². The topological polar surface area (TPSA) is 35.2 Å². The van der Waals surface area contributed by atoms with Crippen molar-refractivity contribution in [2.45, 2.75) is 32.5 Å². The van der Waals surface area contributed by atoms with Crippen LogP contribution in [0.4, 0.5) is 13.2 Å². The SMILES string of the molecule is Cc1cccc(C)c1OC(CCN)C(F)(F)F. The molecule has 1 atom stereocenters. The largest absolute Gasteiger partial charge is 0.480 e. The predicted octanol–water partition coefficient (Wildman–Crippen LogP) is 2.96. The molecule has 0 saturated heterocycles. The Labute approximate surface area is 98.6 Å². The Balaban J connectivity index is 2.94. The zero-order valence-corrected chi connectivity index (χ0v) is 9.84. The van der Waals surface area contributed by atoms with Crippen molar-refractivity contribution in [1.82, 2.24) is 0 Å². The molecule has 0 aromatic heterocycles. The van der Waals surface area contributed by atoms with Gasteiger partial charge in [-0.1, -0.05) is 18.2 Å². The highest BCUT2D eigenvalue weighted by Gasteiger charge is 2.41. The maximum atomic E-state index is 12.7. The van der Waals surface area contributed by atoms with Crippen LogP contribution in [-0.2, 0) is 0 Å². The molecule has 0 spiro atoms. The maximum absolute atomic E-state index is 12.7. The van der Waals surface area contributed by atoms with Gasteiger partial charge in [0.25, 0.3) is 0 Å². The predicted molar refractivity (Wildman–Crippen MR) is 60.1 cm³/mol. The second kappa shape index (κ2) is 5.40. The van der Waals surface area contributed by atoms with Crippen molar-refractivity contribution in [3.05, 3.63) is 29.3 Å². The van der Waals surface area contributed by atoms with E-state index in [-0.39, 0.29) is 13.0 Å². The van der Waals surface area contributed by atoms with E-state index < -0.39 is 12.3 Å². The molecule has 1 unspecified atom stereocenters. The van der Waals surface area contributed by atoms with Gasteiger partial charge in [0.15, 0.2) is 6.10 Å². The summed E-state index contributed by atoms with van der Waals surface area (Å²) in [7, 11) is 0. The van der Waals surface area contributed by atoms with E-state index >= 15 is 0 Å². The average molecular weight is 247 g/mol. The van der Waals surface area contributed by atoms with E-state index in [1.54, 1.807) is 32.0 Å². The molecule has 0 aliphatic rings. The molecule has 2 N–H and O–H groups in total. The van der Waals surface area contributed by atoms with Crippen LogP contribution in [0.15, 0.2) is 18.2 Å². The third-order valence-electron chi connectivity index (χ3n) is 2.46. The molecule has 0 aliphatic carbocycles. The quantitative estimate of drug-likeness (QED) is 0.887. The van der Waals surface area contributed by atoms with Crippen molar-refractivity contribution in [2.24, 2.45) is 5.73 Å². The molecule has 0 saturated carbocycles. The molecular weight excluding hydrogens is 231 g/mol. The second-order valence-electron chi connectivity index (χ2n) is 3.95. The van der Waals surface area contributed by atoms with E-state index in [0.717, 1.165) is 0 Å². The molecule has 1 aromatic rings. The molecule has 0 amide bonds. The molecule has 0 aliphatic heterocycles.